The zero-order valence-corrected chi connectivity index (χ0v) is 9.14. The number of aliphatic hydroxyl groups excluding tert-OH is 1. The van der Waals surface area contributed by atoms with Crippen LogP contribution in [-0.4, -0.2) is 11.1 Å². The fourth-order valence-corrected chi connectivity index (χ4v) is 2.09. The van der Waals surface area contributed by atoms with Crippen molar-refractivity contribution >= 4 is 11.3 Å². The van der Waals surface area contributed by atoms with Gasteiger partial charge in [-0.2, -0.15) is 0 Å². The summed E-state index contributed by atoms with van der Waals surface area (Å²) in [7, 11) is 0. The number of hydrogen-bond acceptors (Lipinski definition) is 3. The Kier molecular flexibility index (Phi) is 3.47. The number of hydrogen-bond donors (Lipinski definition) is 2. The number of nitrogens with two attached hydrogens (primary N) is 1. The van der Waals surface area contributed by atoms with E-state index in [2.05, 4.69) is 0 Å². The molecule has 0 aliphatic carbocycles. The standard InChI is InChI=1S/C10H17NOS/c1-6(2)9(11)10(12)8-5-4-7(3)13-8/h4-6,9-10,12H,11H2,1-3H3. The Balaban J connectivity index is 2.73. The molecule has 1 aromatic heterocycles. The third-order valence-corrected chi connectivity index (χ3v) is 3.26. The molecule has 0 fully saturated rings. The van der Waals surface area contributed by atoms with Gasteiger partial charge in [0.1, 0.15) is 6.10 Å². The molecule has 1 rings (SSSR count). The zero-order valence-electron chi connectivity index (χ0n) is 8.32. The molecule has 2 atom stereocenters. The van der Waals surface area contributed by atoms with E-state index in [0.29, 0.717) is 5.92 Å². The highest BCUT2D eigenvalue weighted by atomic mass is 32.1. The molecule has 0 aromatic carbocycles. The summed E-state index contributed by atoms with van der Waals surface area (Å²) >= 11 is 1.61. The summed E-state index contributed by atoms with van der Waals surface area (Å²) in [6.07, 6.45) is -0.515. The van der Waals surface area contributed by atoms with E-state index in [1.807, 2.05) is 32.9 Å². The molecular weight excluding hydrogens is 182 g/mol. The highest BCUT2D eigenvalue weighted by Crippen LogP contribution is 2.26. The molecule has 74 valence electrons. The van der Waals surface area contributed by atoms with Gasteiger partial charge in [0.2, 0.25) is 0 Å². The molecule has 1 aromatic rings. The molecule has 2 nitrogen and oxygen atoms in total. The van der Waals surface area contributed by atoms with Crippen LogP contribution in [0.1, 0.15) is 29.7 Å². The maximum atomic E-state index is 9.86. The lowest BCUT2D eigenvalue weighted by atomic mass is 9.99. The second-order valence-electron chi connectivity index (χ2n) is 3.71. The van der Waals surface area contributed by atoms with E-state index < -0.39 is 6.10 Å². The number of aryl methyl sites for hydroxylation is 1. The van der Waals surface area contributed by atoms with Crippen LogP contribution in [0.4, 0.5) is 0 Å². The molecule has 3 N–H and O–H groups in total. The van der Waals surface area contributed by atoms with Gasteiger partial charge < -0.3 is 10.8 Å². The molecule has 0 aliphatic rings. The summed E-state index contributed by atoms with van der Waals surface area (Å²) in [5.41, 5.74) is 5.86. The third-order valence-electron chi connectivity index (χ3n) is 2.19. The number of aliphatic hydroxyl groups is 1. The van der Waals surface area contributed by atoms with Crippen LogP contribution in [0.5, 0.6) is 0 Å². The lowest BCUT2D eigenvalue weighted by Gasteiger charge is -2.20. The van der Waals surface area contributed by atoms with Crippen LogP contribution in [0.3, 0.4) is 0 Å². The van der Waals surface area contributed by atoms with Crippen LogP contribution in [0, 0.1) is 12.8 Å². The molecule has 0 radical (unpaired) electrons. The average Bonchev–Trinajstić information content (AvgIpc) is 2.49. The summed E-state index contributed by atoms with van der Waals surface area (Å²) < 4.78 is 0. The predicted molar refractivity (Wildman–Crippen MR) is 56.8 cm³/mol. The normalized spacial score (nSPS) is 16.2. The summed E-state index contributed by atoms with van der Waals surface area (Å²) in [6.45, 7) is 6.07. The van der Waals surface area contributed by atoms with Gasteiger partial charge in [0.05, 0.1) is 0 Å². The van der Waals surface area contributed by atoms with E-state index in [9.17, 15) is 5.11 Å². The molecular formula is C10H17NOS. The Bertz CT molecular complexity index is 270. The lowest BCUT2D eigenvalue weighted by molar-refractivity contribution is 0.129. The summed E-state index contributed by atoms with van der Waals surface area (Å²) in [4.78, 5) is 2.18. The summed E-state index contributed by atoms with van der Waals surface area (Å²) in [6, 6.07) is 3.79. The first kappa shape index (κ1) is 10.7. The Morgan fingerprint density at radius 1 is 1.38 bits per heavy atom. The van der Waals surface area contributed by atoms with E-state index in [1.165, 1.54) is 4.88 Å². The van der Waals surface area contributed by atoms with Crippen LogP contribution >= 0.6 is 11.3 Å². The monoisotopic (exact) mass is 199 g/mol. The van der Waals surface area contributed by atoms with E-state index in [4.69, 9.17) is 5.73 Å². The molecule has 0 amide bonds. The zero-order chi connectivity index (χ0) is 10.0. The molecule has 0 bridgehead atoms. The van der Waals surface area contributed by atoms with E-state index in [1.54, 1.807) is 11.3 Å². The first-order valence-corrected chi connectivity index (χ1v) is 5.34. The van der Waals surface area contributed by atoms with Crippen molar-refractivity contribution in [3.05, 3.63) is 21.9 Å². The average molecular weight is 199 g/mol. The van der Waals surface area contributed by atoms with Crippen molar-refractivity contribution in [1.29, 1.82) is 0 Å². The first-order valence-electron chi connectivity index (χ1n) is 4.52. The van der Waals surface area contributed by atoms with Crippen LogP contribution < -0.4 is 5.73 Å². The van der Waals surface area contributed by atoms with Crippen molar-refractivity contribution in [3.8, 4) is 0 Å². The number of rotatable bonds is 3. The molecule has 2 unspecified atom stereocenters. The molecule has 0 saturated heterocycles. The van der Waals surface area contributed by atoms with Gasteiger partial charge >= 0.3 is 0 Å². The number of thiophene rings is 1. The topological polar surface area (TPSA) is 46.2 Å². The fourth-order valence-electron chi connectivity index (χ4n) is 1.17. The molecule has 3 heteroatoms. The van der Waals surface area contributed by atoms with Crippen molar-refractivity contribution in [3.63, 3.8) is 0 Å². The quantitative estimate of drug-likeness (QED) is 0.783. The molecule has 0 saturated carbocycles. The van der Waals surface area contributed by atoms with Crippen LogP contribution in [0.25, 0.3) is 0 Å². The van der Waals surface area contributed by atoms with E-state index in [0.717, 1.165) is 4.88 Å². The Morgan fingerprint density at radius 3 is 2.38 bits per heavy atom. The Hall–Kier alpha value is -0.380. The highest BCUT2D eigenvalue weighted by molar-refractivity contribution is 7.12. The van der Waals surface area contributed by atoms with Gasteiger partial charge in [0.25, 0.3) is 0 Å². The van der Waals surface area contributed by atoms with Gasteiger partial charge in [-0.1, -0.05) is 13.8 Å². The second-order valence-corrected chi connectivity index (χ2v) is 5.03. The van der Waals surface area contributed by atoms with Crippen LogP contribution in [-0.2, 0) is 0 Å². The third kappa shape index (κ3) is 2.53. The van der Waals surface area contributed by atoms with Crippen molar-refractivity contribution in [2.75, 3.05) is 0 Å². The molecule has 1 heterocycles. The van der Waals surface area contributed by atoms with Crippen molar-refractivity contribution < 1.29 is 5.11 Å². The predicted octanol–water partition coefficient (Wildman–Crippen LogP) is 2.07. The van der Waals surface area contributed by atoms with Crippen molar-refractivity contribution in [2.24, 2.45) is 11.7 Å². The van der Waals surface area contributed by atoms with Gasteiger partial charge in [-0.05, 0) is 25.0 Å². The summed E-state index contributed by atoms with van der Waals surface area (Å²) in [5.74, 6) is 0.303. The van der Waals surface area contributed by atoms with Crippen molar-refractivity contribution in [1.82, 2.24) is 0 Å². The maximum Gasteiger partial charge on any atom is 0.103 e. The second kappa shape index (κ2) is 4.22. The molecule has 0 spiro atoms. The Labute approximate surface area is 83.4 Å². The van der Waals surface area contributed by atoms with E-state index in [-0.39, 0.29) is 6.04 Å². The minimum absolute atomic E-state index is 0.168. The van der Waals surface area contributed by atoms with Crippen molar-refractivity contribution in [2.45, 2.75) is 32.9 Å². The molecule has 13 heavy (non-hydrogen) atoms. The van der Waals surface area contributed by atoms with Gasteiger partial charge in [-0.25, -0.2) is 0 Å². The van der Waals surface area contributed by atoms with Gasteiger partial charge in [0.15, 0.2) is 0 Å². The first-order chi connectivity index (χ1) is 6.02. The summed E-state index contributed by atoms with van der Waals surface area (Å²) in [5, 5.41) is 9.86. The maximum absolute atomic E-state index is 9.86. The SMILES string of the molecule is Cc1ccc(C(O)C(N)C(C)C)s1. The largest absolute Gasteiger partial charge is 0.386 e. The van der Waals surface area contributed by atoms with Crippen LogP contribution in [0.15, 0.2) is 12.1 Å². The van der Waals surface area contributed by atoms with Crippen LogP contribution in [0.2, 0.25) is 0 Å². The Morgan fingerprint density at radius 2 is 2.00 bits per heavy atom. The molecule has 0 aliphatic heterocycles. The minimum Gasteiger partial charge on any atom is -0.386 e. The fraction of sp³-hybridized carbons (Fsp3) is 0.600. The van der Waals surface area contributed by atoms with Gasteiger partial charge in [-0.15, -0.1) is 11.3 Å². The minimum atomic E-state index is -0.515. The van der Waals surface area contributed by atoms with Gasteiger partial charge in [-0.3, -0.25) is 0 Å². The van der Waals surface area contributed by atoms with E-state index >= 15 is 0 Å². The lowest BCUT2D eigenvalue weighted by Crippen LogP contribution is -2.33. The smallest absolute Gasteiger partial charge is 0.103 e. The highest BCUT2D eigenvalue weighted by Gasteiger charge is 2.20. The van der Waals surface area contributed by atoms with Gasteiger partial charge in [0, 0.05) is 15.8 Å².